The van der Waals surface area contributed by atoms with Gasteiger partial charge in [-0.15, -0.1) is 10.2 Å². The lowest BCUT2D eigenvalue weighted by Crippen LogP contribution is -2.37. The monoisotopic (exact) mass is 422 g/mol. The highest BCUT2D eigenvalue weighted by molar-refractivity contribution is 7.18. The minimum absolute atomic E-state index is 0.0209. The third-order valence-electron chi connectivity index (χ3n) is 5.48. The molecular formula is C23H26N4O2S. The maximum absolute atomic E-state index is 12.7. The van der Waals surface area contributed by atoms with E-state index in [1.54, 1.807) is 7.11 Å². The van der Waals surface area contributed by atoms with Crippen molar-refractivity contribution in [1.29, 1.82) is 0 Å². The lowest BCUT2D eigenvalue weighted by molar-refractivity contribution is -0.121. The summed E-state index contributed by atoms with van der Waals surface area (Å²) in [6.45, 7) is 4.90. The number of piperidine rings is 1. The number of ether oxygens (including phenoxy) is 1. The molecule has 0 spiro atoms. The minimum atomic E-state index is 0.0209. The van der Waals surface area contributed by atoms with Crippen LogP contribution in [-0.2, 0) is 11.3 Å². The van der Waals surface area contributed by atoms with E-state index >= 15 is 0 Å². The number of nitrogens with one attached hydrogen (secondary N) is 1. The smallest absolute Gasteiger partial charge is 0.229 e. The summed E-state index contributed by atoms with van der Waals surface area (Å²) < 4.78 is 5.18. The van der Waals surface area contributed by atoms with Crippen LogP contribution >= 0.6 is 11.3 Å². The van der Waals surface area contributed by atoms with E-state index in [1.807, 2.05) is 24.3 Å². The van der Waals surface area contributed by atoms with Gasteiger partial charge < -0.3 is 10.1 Å². The Hall–Kier alpha value is -2.77. The molecule has 2 heterocycles. The molecule has 2 aromatic carbocycles. The molecule has 3 aromatic rings. The first kappa shape index (κ1) is 20.5. The second kappa shape index (κ2) is 9.36. The van der Waals surface area contributed by atoms with Gasteiger partial charge >= 0.3 is 0 Å². The van der Waals surface area contributed by atoms with Gasteiger partial charge in [-0.2, -0.15) is 0 Å². The summed E-state index contributed by atoms with van der Waals surface area (Å²) >= 11 is 1.39. The first-order valence-electron chi connectivity index (χ1n) is 10.2. The van der Waals surface area contributed by atoms with Crippen LogP contribution in [0.15, 0.2) is 48.5 Å². The Morgan fingerprint density at radius 3 is 2.47 bits per heavy atom. The maximum Gasteiger partial charge on any atom is 0.229 e. The van der Waals surface area contributed by atoms with Gasteiger partial charge in [-0.3, -0.25) is 9.69 Å². The SMILES string of the molecule is COc1ccc(-c2nnc(NC(=O)C3CCN(Cc4ccc(C)cc4)CC3)s2)cc1. The van der Waals surface area contributed by atoms with Crippen LogP contribution in [0.1, 0.15) is 24.0 Å². The fourth-order valence-corrected chi connectivity index (χ4v) is 4.39. The molecule has 1 aliphatic heterocycles. The summed E-state index contributed by atoms with van der Waals surface area (Å²) in [6.07, 6.45) is 1.73. The number of anilines is 1. The molecule has 0 atom stereocenters. The molecule has 6 nitrogen and oxygen atoms in total. The van der Waals surface area contributed by atoms with Crippen LogP contribution in [0.3, 0.4) is 0 Å². The van der Waals surface area contributed by atoms with Gasteiger partial charge in [0.15, 0.2) is 0 Å². The number of rotatable bonds is 6. The summed E-state index contributed by atoms with van der Waals surface area (Å²) in [5, 5.41) is 12.6. The molecule has 0 saturated carbocycles. The number of aryl methyl sites for hydroxylation is 1. The number of hydrogen-bond donors (Lipinski definition) is 1. The van der Waals surface area contributed by atoms with Crippen LogP contribution < -0.4 is 10.1 Å². The fourth-order valence-electron chi connectivity index (χ4n) is 3.64. The lowest BCUT2D eigenvalue weighted by atomic mass is 9.95. The molecule has 1 amide bonds. The molecule has 1 N–H and O–H groups in total. The number of carbonyl (C=O) groups excluding carboxylic acids is 1. The van der Waals surface area contributed by atoms with Crippen molar-refractivity contribution in [3.63, 3.8) is 0 Å². The summed E-state index contributed by atoms with van der Waals surface area (Å²) in [5.74, 6) is 0.862. The Morgan fingerprint density at radius 2 is 1.80 bits per heavy atom. The molecule has 1 fully saturated rings. The number of aromatic nitrogens is 2. The van der Waals surface area contributed by atoms with Crippen molar-refractivity contribution in [2.24, 2.45) is 5.92 Å². The van der Waals surface area contributed by atoms with Crippen LogP contribution in [0.2, 0.25) is 0 Å². The fraction of sp³-hybridized carbons (Fsp3) is 0.348. The van der Waals surface area contributed by atoms with Crippen LogP contribution in [-0.4, -0.2) is 41.2 Å². The molecule has 4 rings (SSSR count). The molecule has 1 saturated heterocycles. The Morgan fingerprint density at radius 1 is 1.10 bits per heavy atom. The molecule has 7 heteroatoms. The molecule has 30 heavy (non-hydrogen) atoms. The number of nitrogens with zero attached hydrogens (tertiary/aromatic N) is 3. The minimum Gasteiger partial charge on any atom is -0.497 e. The van der Waals surface area contributed by atoms with Gasteiger partial charge in [0.05, 0.1) is 7.11 Å². The van der Waals surface area contributed by atoms with E-state index in [0.29, 0.717) is 5.13 Å². The maximum atomic E-state index is 12.7. The number of methoxy groups -OCH3 is 1. The van der Waals surface area contributed by atoms with E-state index in [0.717, 1.165) is 48.8 Å². The average Bonchev–Trinajstić information content (AvgIpc) is 3.24. The zero-order valence-corrected chi connectivity index (χ0v) is 18.1. The second-order valence-electron chi connectivity index (χ2n) is 7.67. The average molecular weight is 423 g/mol. The van der Waals surface area contributed by atoms with E-state index < -0.39 is 0 Å². The standard InChI is InChI=1S/C23H26N4O2S/c1-16-3-5-17(6-4-16)15-27-13-11-18(12-14-27)21(28)24-23-26-25-22(30-23)19-7-9-20(29-2)10-8-19/h3-10,18H,11-15H2,1-2H3,(H,24,26,28). The molecule has 1 aliphatic rings. The Labute approximate surface area is 180 Å². The van der Waals surface area contributed by atoms with Crippen LogP contribution in [0.25, 0.3) is 10.6 Å². The number of likely N-dealkylation sites (tertiary alicyclic amines) is 1. The lowest BCUT2D eigenvalue weighted by Gasteiger charge is -2.31. The third-order valence-corrected chi connectivity index (χ3v) is 6.37. The molecular weight excluding hydrogens is 396 g/mol. The summed E-state index contributed by atoms with van der Waals surface area (Å²) in [6, 6.07) is 16.3. The van der Waals surface area contributed by atoms with Gasteiger partial charge in [0.2, 0.25) is 11.0 Å². The Balaban J connectivity index is 1.28. The third kappa shape index (κ3) is 5.04. The highest BCUT2D eigenvalue weighted by Gasteiger charge is 2.25. The highest BCUT2D eigenvalue weighted by Crippen LogP contribution is 2.29. The van der Waals surface area contributed by atoms with Crippen LogP contribution in [0, 0.1) is 12.8 Å². The molecule has 0 radical (unpaired) electrons. The van der Waals surface area contributed by atoms with Gasteiger partial charge in [-0.05, 0) is 62.7 Å². The van der Waals surface area contributed by atoms with Crippen molar-refractivity contribution in [2.75, 3.05) is 25.5 Å². The van der Waals surface area contributed by atoms with Crippen LogP contribution in [0.5, 0.6) is 5.75 Å². The highest BCUT2D eigenvalue weighted by atomic mass is 32.1. The number of amides is 1. The quantitative estimate of drug-likeness (QED) is 0.639. The number of benzene rings is 2. The van der Waals surface area contributed by atoms with Crippen LogP contribution in [0.4, 0.5) is 5.13 Å². The molecule has 156 valence electrons. The van der Waals surface area contributed by atoms with Gasteiger partial charge in [0.25, 0.3) is 0 Å². The summed E-state index contributed by atoms with van der Waals surface area (Å²) in [7, 11) is 1.64. The van der Waals surface area contributed by atoms with E-state index in [4.69, 9.17) is 4.74 Å². The summed E-state index contributed by atoms with van der Waals surface area (Å²) in [4.78, 5) is 15.1. The first-order valence-corrected chi connectivity index (χ1v) is 11.0. The van der Waals surface area contributed by atoms with Gasteiger partial charge in [-0.25, -0.2) is 0 Å². The van der Waals surface area contributed by atoms with E-state index in [-0.39, 0.29) is 11.8 Å². The van der Waals surface area contributed by atoms with Crippen molar-refractivity contribution in [3.8, 4) is 16.3 Å². The van der Waals surface area contributed by atoms with Gasteiger partial charge in [-0.1, -0.05) is 41.2 Å². The largest absolute Gasteiger partial charge is 0.497 e. The van der Waals surface area contributed by atoms with Crippen molar-refractivity contribution in [1.82, 2.24) is 15.1 Å². The van der Waals surface area contributed by atoms with E-state index in [1.165, 1.54) is 22.5 Å². The topological polar surface area (TPSA) is 67.4 Å². The van der Waals surface area contributed by atoms with Crippen molar-refractivity contribution >= 4 is 22.4 Å². The molecule has 0 bridgehead atoms. The Kier molecular flexibility index (Phi) is 6.40. The number of hydrogen-bond acceptors (Lipinski definition) is 6. The van der Waals surface area contributed by atoms with E-state index in [2.05, 4.69) is 51.6 Å². The normalized spacial score (nSPS) is 15.1. The van der Waals surface area contributed by atoms with Gasteiger partial charge in [0.1, 0.15) is 10.8 Å². The Bertz CT molecular complexity index is 977. The van der Waals surface area contributed by atoms with E-state index in [9.17, 15) is 4.79 Å². The second-order valence-corrected chi connectivity index (χ2v) is 8.64. The van der Waals surface area contributed by atoms with Crippen molar-refractivity contribution in [2.45, 2.75) is 26.3 Å². The van der Waals surface area contributed by atoms with Crippen molar-refractivity contribution in [3.05, 3.63) is 59.7 Å². The molecule has 1 aromatic heterocycles. The zero-order valence-electron chi connectivity index (χ0n) is 17.3. The zero-order chi connectivity index (χ0) is 20.9. The predicted octanol–water partition coefficient (Wildman–Crippen LogP) is 4.37. The predicted molar refractivity (Wildman–Crippen MR) is 120 cm³/mol. The molecule has 0 aliphatic carbocycles. The first-order chi connectivity index (χ1) is 14.6. The summed E-state index contributed by atoms with van der Waals surface area (Å²) in [5.41, 5.74) is 3.56. The molecule has 0 unspecified atom stereocenters. The van der Waals surface area contributed by atoms with Crippen molar-refractivity contribution < 1.29 is 9.53 Å². The van der Waals surface area contributed by atoms with Gasteiger partial charge in [0, 0.05) is 18.0 Å². The number of carbonyl (C=O) groups is 1.